The summed E-state index contributed by atoms with van der Waals surface area (Å²) >= 11 is 6.06. The Balaban J connectivity index is 1.30. The molecule has 26 heavy (non-hydrogen) atoms. The van der Waals surface area contributed by atoms with Crippen LogP contribution in [-0.4, -0.2) is 59.4 Å². The molecular formula is C20H24ClN3O2. The molecule has 2 saturated heterocycles. The zero-order valence-corrected chi connectivity index (χ0v) is 15.6. The molecule has 1 aromatic carbocycles. The van der Waals surface area contributed by atoms with E-state index >= 15 is 0 Å². The summed E-state index contributed by atoms with van der Waals surface area (Å²) < 4.78 is 0. The minimum absolute atomic E-state index is 0.0192. The second-order valence-corrected chi connectivity index (χ2v) is 7.86. The first-order valence-corrected chi connectivity index (χ1v) is 9.69. The highest BCUT2D eigenvalue weighted by Gasteiger charge is 2.47. The third kappa shape index (κ3) is 3.56. The van der Waals surface area contributed by atoms with Gasteiger partial charge < -0.3 is 0 Å². The first-order valence-electron chi connectivity index (χ1n) is 9.31. The summed E-state index contributed by atoms with van der Waals surface area (Å²) in [4.78, 5) is 31.3. The Morgan fingerprint density at radius 2 is 1.54 bits per heavy atom. The van der Waals surface area contributed by atoms with Crippen LogP contribution in [-0.2, 0) is 16.1 Å². The summed E-state index contributed by atoms with van der Waals surface area (Å²) in [5.41, 5.74) is 1.22. The fourth-order valence-corrected chi connectivity index (χ4v) is 4.40. The number of benzene rings is 1. The van der Waals surface area contributed by atoms with E-state index < -0.39 is 0 Å². The van der Waals surface area contributed by atoms with Crippen molar-refractivity contribution in [2.75, 3.05) is 32.8 Å². The van der Waals surface area contributed by atoms with Crippen molar-refractivity contribution in [1.82, 2.24) is 14.7 Å². The molecule has 0 aromatic heterocycles. The fourth-order valence-electron chi connectivity index (χ4n) is 4.19. The summed E-state index contributed by atoms with van der Waals surface area (Å²) in [5.74, 6) is -0.218. The summed E-state index contributed by atoms with van der Waals surface area (Å²) in [5, 5.41) is 0.767. The second-order valence-electron chi connectivity index (χ2n) is 7.43. The number of allylic oxidation sites excluding steroid dienone is 2. The number of piperazine rings is 1. The van der Waals surface area contributed by atoms with E-state index in [2.05, 4.69) is 15.9 Å². The van der Waals surface area contributed by atoms with Crippen LogP contribution in [0.5, 0.6) is 0 Å². The second kappa shape index (κ2) is 7.51. The maximum Gasteiger partial charge on any atom is 0.234 e. The van der Waals surface area contributed by atoms with Crippen molar-refractivity contribution in [1.29, 1.82) is 0 Å². The molecule has 0 saturated carbocycles. The molecule has 2 heterocycles. The van der Waals surface area contributed by atoms with Gasteiger partial charge in [0.05, 0.1) is 18.5 Å². The highest BCUT2D eigenvalue weighted by Crippen LogP contribution is 2.35. The Kier molecular flexibility index (Phi) is 5.11. The van der Waals surface area contributed by atoms with Crippen molar-refractivity contribution >= 4 is 23.4 Å². The molecule has 0 bridgehead atoms. The number of hydrogen-bond donors (Lipinski definition) is 0. The monoisotopic (exact) mass is 373 g/mol. The van der Waals surface area contributed by atoms with Gasteiger partial charge in [0.25, 0.3) is 0 Å². The Hall–Kier alpha value is -1.69. The van der Waals surface area contributed by atoms with Crippen LogP contribution < -0.4 is 0 Å². The Labute approximate surface area is 159 Å². The largest absolute Gasteiger partial charge is 0.297 e. The smallest absolute Gasteiger partial charge is 0.234 e. The van der Waals surface area contributed by atoms with E-state index in [1.165, 1.54) is 10.5 Å². The van der Waals surface area contributed by atoms with Gasteiger partial charge >= 0.3 is 0 Å². The number of nitrogens with zero attached hydrogens (tertiary/aromatic N) is 3. The zero-order chi connectivity index (χ0) is 18.1. The number of imide groups is 1. The van der Waals surface area contributed by atoms with E-state index in [1.807, 2.05) is 30.4 Å². The number of hydrogen-bond acceptors (Lipinski definition) is 4. The van der Waals surface area contributed by atoms with Crippen LogP contribution >= 0.6 is 11.6 Å². The third-order valence-electron chi connectivity index (χ3n) is 5.70. The van der Waals surface area contributed by atoms with Gasteiger partial charge in [0.15, 0.2) is 0 Å². The summed E-state index contributed by atoms with van der Waals surface area (Å²) in [6, 6.07) is 7.97. The highest BCUT2D eigenvalue weighted by atomic mass is 35.5. The lowest BCUT2D eigenvalue weighted by Gasteiger charge is -2.36. The maximum atomic E-state index is 12.6. The number of amides is 2. The average molecular weight is 374 g/mol. The van der Waals surface area contributed by atoms with Gasteiger partial charge in [-0.2, -0.15) is 0 Å². The van der Waals surface area contributed by atoms with Gasteiger partial charge in [0.1, 0.15) is 0 Å². The van der Waals surface area contributed by atoms with E-state index in [4.69, 9.17) is 11.6 Å². The molecule has 6 heteroatoms. The van der Waals surface area contributed by atoms with Crippen molar-refractivity contribution in [2.45, 2.75) is 19.4 Å². The van der Waals surface area contributed by atoms with Gasteiger partial charge in [0, 0.05) is 37.7 Å². The molecule has 2 aliphatic heterocycles. The van der Waals surface area contributed by atoms with E-state index in [1.54, 1.807) is 0 Å². The van der Waals surface area contributed by atoms with Crippen LogP contribution in [0.1, 0.15) is 18.4 Å². The van der Waals surface area contributed by atoms with Crippen LogP contribution in [0.15, 0.2) is 36.4 Å². The normalized spacial score (nSPS) is 27.2. The van der Waals surface area contributed by atoms with Crippen LogP contribution in [0, 0.1) is 11.8 Å². The number of fused-ring (bicyclic) bond motifs is 1. The molecule has 4 rings (SSSR count). The van der Waals surface area contributed by atoms with Crippen molar-refractivity contribution in [3.63, 3.8) is 0 Å². The van der Waals surface area contributed by atoms with Crippen molar-refractivity contribution in [3.05, 3.63) is 47.0 Å². The number of carbonyl (C=O) groups excluding carboxylic acids is 2. The molecule has 1 aromatic rings. The average Bonchev–Trinajstić information content (AvgIpc) is 2.89. The van der Waals surface area contributed by atoms with Gasteiger partial charge in [0.2, 0.25) is 11.8 Å². The predicted molar refractivity (Wildman–Crippen MR) is 100 cm³/mol. The van der Waals surface area contributed by atoms with Gasteiger partial charge in [-0.1, -0.05) is 35.9 Å². The number of likely N-dealkylation sites (tertiary alicyclic amines) is 1. The van der Waals surface area contributed by atoms with Crippen molar-refractivity contribution < 1.29 is 9.59 Å². The van der Waals surface area contributed by atoms with Crippen LogP contribution in [0.3, 0.4) is 0 Å². The molecule has 138 valence electrons. The molecule has 0 unspecified atom stereocenters. The zero-order valence-electron chi connectivity index (χ0n) is 14.8. The van der Waals surface area contributed by atoms with Crippen LogP contribution in [0.4, 0.5) is 0 Å². The molecule has 1 aliphatic carbocycles. The predicted octanol–water partition coefficient (Wildman–Crippen LogP) is 2.37. The first kappa shape index (κ1) is 17.7. The molecular weight excluding hydrogens is 350 g/mol. The van der Waals surface area contributed by atoms with Gasteiger partial charge in [-0.3, -0.25) is 24.3 Å². The Morgan fingerprint density at radius 3 is 2.15 bits per heavy atom. The molecule has 3 aliphatic rings. The first-order chi connectivity index (χ1) is 12.6. The molecule has 2 atom stereocenters. The quantitative estimate of drug-likeness (QED) is 0.600. The Bertz CT molecular complexity index is 702. The number of rotatable bonds is 4. The summed E-state index contributed by atoms with van der Waals surface area (Å²) in [6.45, 7) is 4.91. The van der Waals surface area contributed by atoms with Gasteiger partial charge in [-0.05, 0) is 30.5 Å². The van der Waals surface area contributed by atoms with E-state index in [-0.39, 0.29) is 23.7 Å². The third-order valence-corrected chi connectivity index (χ3v) is 5.94. The standard InChI is InChI=1S/C20H24ClN3O2/c21-16-5-3-4-15(12-16)13-22-8-10-23(11-9-22)14-24-19(25)17-6-1-2-7-18(17)20(24)26/h1-5,12,17-18H,6-11,13-14H2/t17-,18+. The van der Waals surface area contributed by atoms with Gasteiger partial charge in [-0.25, -0.2) is 0 Å². The van der Waals surface area contributed by atoms with Crippen molar-refractivity contribution in [3.8, 4) is 0 Å². The lowest BCUT2D eigenvalue weighted by molar-refractivity contribution is -0.142. The highest BCUT2D eigenvalue weighted by molar-refractivity contribution is 6.30. The fraction of sp³-hybridized carbons (Fsp3) is 0.500. The minimum atomic E-state index is -0.128. The number of halogens is 1. The van der Waals surface area contributed by atoms with Crippen LogP contribution in [0.2, 0.25) is 5.02 Å². The summed E-state index contributed by atoms with van der Waals surface area (Å²) in [6.07, 6.45) is 5.48. The lowest BCUT2D eigenvalue weighted by atomic mass is 9.85. The molecule has 0 spiro atoms. The molecule has 5 nitrogen and oxygen atoms in total. The van der Waals surface area contributed by atoms with E-state index in [0.29, 0.717) is 19.5 Å². The Morgan fingerprint density at radius 1 is 0.923 bits per heavy atom. The molecule has 2 fully saturated rings. The topological polar surface area (TPSA) is 43.9 Å². The van der Waals surface area contributed by atoms with Crippen LogP contribution in [0.25, 0.3) is 0 Å². The molecule has 0 N–H and O–H groups in total. The van der Waals surface area contributed by atoms with E-state index in [9.17, 15) is 9.59 Å². The SMILES string of the molecule is O=C1[C@H]2CC=CC[C@H]2C(=O)N1CN1CCN(Cc2cccc(Cl)c2)CC1. The summed E-state index contributed by atoms with van der Waals surface area (Å²) in [7, 11) is 0. The maximum absolute atomic E-state index is 12.6. The number of carbonyl (C=O) groups is 2. The van der Waals surface area contributed by atoms with Crippen molar-refractivity contribution in [2.24, 2.45) is 11.8 Å². The molecule has 0 radical (unpaired) electrons. The van der Waals surface area contributed by atoms with Gasteiger partial charge in [-0.15, -0.1) is 0 Å². The molecule has 2 amide bonds. The minimum Gasteiger partial charge on any atom is -0.297 e. The van der Waals surface area contributed by atoms with E-state index in [0.717, 1.165) is 37.7 Å². The lowest BCUT2D eigenvalue weighted by Crippen LogP contribution is -2.51.